The minimum Gasteiger partial charge on any atom is -0.308 e. The third-order valence-corrected chi connectivity index (χ3v) is 4.65. The largest absolute Gasteiger partial charge is 0.308 e. The molecule has 0 radical (unpaired) electrons. The Kier molecular flexibility index (Phi) is 5.81. The van der Waals surface area contributed by atoms with Crippen LogP contribution in [0.3, 0.4) is 0 Å². The van der Waals surface area contributed by atoms with E-state index in [-0.39, 0.29) is 6.04 Å². The fourth-order valence-corrected chi connectivity index (χ4v) is 3.48. The van der Waals surface area contributed by atoms with Gasteiger partial charge in [-0.1, -0.05) is 18.5 Å². The lowest BCUT2D eigenvalue weighted by molar-refractivity contribution is 0.365. The summed E-state index contributed by atoms with van der Waals surface area (Å²) in [7, 11) is 4.13. The highest BCUT2D eigenvalue weighted by atomic mass is 35.5. The molecular formula is C15H23ClN4S. The monoisotopic (exact) mass is 326 g/mol. The van der Waals surface area contributed by atoms with Gasteiger partial charge in [0.05, 0.1) is 29.5 Å². The van der Waals surface area contributed by atoms with Crippen LogP contribution in [0.5, 0.6) is 0 Å². The van der Waals surface area contributed by atoms with Crippen LogP contribution in [0.25, 0.3) is 0 Å². The molecule has 0 amide bonds. The van der Waals surface area contributed by atoms with E-state index < -0.39 is 0 Å². The minimum absolute atomic E-state index is 0.0958. The van der Waals surface area contributed by atoms with Crippen molar-refractivity contribution in [3.63, 3.8) is 0 Å². The standard InChI is InChI=1S/C15H23ClN4S/c1-5-17-14(12-10-21-9-11(12)2)15-13(16)8-18-20(15)7-6-19(3)4/h8-10,14,17H,5-7H2,1-4H3. The lowest BCUT2D eigenvalue weighted by Gasteiger charge is -2.21. The minimum atomic E-state index is 0.0958. The Hall–Kier alpha value is -0.880. The summed E-state index contributed by atoms with van der Waals surface area (Å²) in [5.74, 6) is 0. The summed E-state index contributed by atoms with van der Waals surface area (Å²) in [6.07, 6.45) is 1.75. The zero-order valence-electron chi connectivity index (χ0n) is 13.1. The third kappa shape index (κ3) is 3.86. The van der Waals surface area contributed by atoms with Crippen LogP contribution in [-0.2, 0) is 6.54 Å². The number of rotatable bonds is 7. The summed E-state index contributed by atoms with van der Waals surface area (Å²) >= 11 is 8.15. The van der Waals surface area contributed by atoms with E-state index in [2.05, 4.69) is 54.0 Å². The molecule has 2 heterocycles. The summed E-state index contributed by atoms with van der Waals surface area (Å²) in [5, 5.41) is 13.1. The second-order valence-corrected chi connectivity index (χ2v) is 6.56. The number of hydrogen-bond acceptors (Lipinski definition) is 4. The summed E-state index contributed by atoms with van der Waals surface area (Å²) in [6.45, 7) is 6.91. The predicted octanol–water partition coefficient (Wildman–Crippen LogP) is 3.17. The molecule has 21 heavy (non-hydrogen) atoms. The Labute approximate surface area is 135 Å². The number of hydrogen-bond donors (Lipinski definition) is 1. The topological polar surface area (TPSA) is 33.1 Å². The first-order valence-corrected chi connectivity index (χ1v) is 8.48. The lowest BCUT2D eigenvalue weighted by atomic mass is 10.0. The maximum absolute atomic E-state index is 6.43. The molecule has 1 unspecified atom stereocenters. The van der Waals surface area contributed by atoms with Crippen LogP contribution in [0.4, 0.5) is 0 Å². The fraction of sp³-hybridized carbons (Fsp3) is 0.533. The average molecular weight is 327 g/mol. The SMILES string of the molecule is CCNC(c1cscc1C)c1c(Cl)cnn1CCN(C)C. The molecule has 0 aromatic carbocycles. The van der Waals surface area contributed by atoms with E-state index in [1.807, 2.05) is 4.68 Å². The van der Waals surface area contributed by atoms with E-state index in [1.54, 1.807) is 17.5 Å². The number of aryl methyl sites for hydroxylation is 1. The number of aromatic nitrogens is 2. The Morgan fingerprint density at radius 1 is 1.43 bits per heavy atom. The zero-order chi connectivity index (χ0) is 15.4. The van der Waals surface area contributed by atoms with Crippen molar-refractivity contribution in [1.29, 1.82) is 0 Å². The summed E-state index contributed by atoms with van der Waals surface area (Å²) in [6, 6.07) is 0.0958. The Bertz CT molecular complexity index is 576. The van der Waals surface area contributed by atoms with E-state index in [9.17, 15) is 0 Å². The second kappa shape index (κ2) is 7.40. The molecule has 0 aliphatic heterocycles. The molecule has 6 heteroatoms. The van der Waals surface area contributed by atoms with Gasteiger partial charge in [0.1, 0.15) is 0 Å². The molecule has 0 fully saturated rings. The highest BCUT2D eigenvalue weighted by Crippen LogP contribution is 2.31. The van der Waals surface area contributed by atoms with Crippen molar-refractivity contribution < 1.29 is 0 Å². The van der Waals surface area contributed by atoms with Gasteiger partial charge in [-0.25, -0.2) is 0 Å². The fourth-order valence-electron chi connectivity index (χ4n) is 2.36. The molecule has 0 aliphatic rings. The van der Waals surface area contributed by atoms with Gasteiger partial charge in [0.15, 0.2) is 0 Å². The van der Waals surface area contributed by atoms with Crippen LogP contribution in [0.15, 0.2) is 17.0 Å². The smallest absolute Gasteiger partial charge is 0.0837 e. The Balaban J connectivity index is 2.36. The molecule has 2 aromatic heterocycles. The van der Waals surface area contributed by atoms with Gasteiger partial charge in [-0.05, 0) is 49.5 Å². The van der Waals surface area contributed by atoms with Gasteiger partial charge in [-0.15, -0.1) is 0 Å². The van der Waals surface area contributed by atoms with E-state index in [0.717, 1.165) is 30.4 Å². The van der Waals surface area contributed by atoms with Gasteiger partial charge < -0.3 is 10.2 Å². The number of likely N-dealkylation sites (N-methyl/N-ethyl adjacent to an activating group) is 1. The van der Waals surface area contributed by atoms with E-state index >= 15 is 0 Å². The van der Waals surface area contributed by atoms with E-state index in [0.29, 0.717) is 0 Å². The van der Waals surface area contributed by atoms with Crippen LogP contribution >= 0.6 is 22.9 Å². The molecule has 0 bridgehead atoms. The van der Waals surface area contributed by atoms with Crippen molar-refractivity contribution in [3.8, 4) is 0 Å². The van der Waals surface area contributed by atoms with Crippen LogP contribution in [-0.4, -0.2) is 41.9 Å². The number of nitrogens with zero attached hydrogens (tertiary/aromatic N) is 3. The molecule has 4 nitrogen and oxygen atoms in total. The molecular weight excluding hydrogens is 304 g/mol. The highest BCUT2D eigenvalue weighted by Gasteiger charge is 2.23. The van der Waals surface area contributed by atoms with E-state index in [1.165, 1.54) is 11.1 Å². The lowest BCUT2D eigenvalue weighted by Crippen LogP contribution is -2.27. The number of nitrogens with one attached hydrogen (secondary N) is 1. The van der Waals surface area contributed by atoms with Crippen molar-refractivity contribution in [3.05, 3.63) is 38.8 Å². The first-order chi connectivity index (χ1) is 10.0. The molecule has 116 valence electrons. The van der Waals surface area contributed by atoms with Gasteiger partial charge in [-0.2, -0.15) is 16.4 Å². The van der Waals surface area contributed by atoms with Gasteiger partial charge in [-0.3, -0.25) is 4.68 Å². The van der Waals surface area contributed by atoms with E-state index in [4.69, 9.17) is 11.6 Å². The third-order valence-electron chi connectivity index (χ3n) is 3.48. The molecule has 2 aromatic rings. The predicted molar refractivity (Wildman–Crippen MR) is 90.4 cm³/mol. The Morgan fingerprint density at radius 3 is 2.76 bits per heavy atom. The van der Waals surface area contributed by atoms with Gasteiger partial charge in [0, 0.05) is 6.54 Å². The first kappa shape index (κ1) is 16.5. The van der Waals surface area contributed by atoms with Gasteiger partial charge >= 0.3 is 0 Å². The normalized spacial score (nSPS) is 13.0. The average Bonchev–Trinajstić information content (AvgIpc) is 3.00. The summed E-state index contributed by atoms with van der Waals surface area (Å²) in [5.41, 5.74) is 3.64. The summed E-state index contributed by atoms with van der Waals surface area (Å²) < 4.78 is 2.02. The highest BCUT2D eigenvalue weighted by molar-refractivity contribution is 7.08. The van der Waals surface area contributed by atoms with Crippen molar-refractivity contribution >= 4 is 22.9 Å². The van der Waals surface area contributed by atoms with Crippen LogP contribution in [0.2, 0.25) is 5.02 Å². The van der Waals surface area contributed by atoms with Crippen LogP contribution in [0, 0.1) is 6.92 Å². The maximum Gasteiger partial charge on any atom is 0.0837 e. The van der Waals surface area contributed by atoms with Gasteiger partial charge in [0.2, 0.25) is 0 Å². The first-order valence-electron chi connectivity index (χ1n) is 7.16. The molecule has 1 N–H and O–H groups in total. The molecule has 1 atom stereocenters. The quantitative estimate of drug-likeness (QED) is 0.848. The molecule has 0 aliphatic carbocycles. The van der Waals surface area contributed by atoms with Crippen molar-refractivity contribution in [2.24, 2.45) is 0 Å². The molecule has 0 spiro atoms. The maximum atomic E-state index is 6.43. The number of thiophene rings is 1. The van der Waals surface area contributed by atoms with Crippen LogP contribution < -0.4 is 5.32 Å². The van der Waals surface area contributed by atoms with Crippen molar-refractivity contribution in [2.45, 2.75) is 26.4 Å². The summed E-state index contributed by atoms with van der Waals surface area (Å²) in [4.78, 5) is 2.15. The van der Waals surface area contributed by atoms with Crippen molar-refractivity contribution in [2.75, 3.05) is 27.2 Å². The molecule has 0 saturated carbocycles. The van der Waals surface area contributed by atoms with Crippen LogP contribution in [0.1, 0.15) is 29.8 Å². The Morgan fingerprint density at radius 2 is 2.19 bits per heavy atom. The van der Waals surface area contributed by atoms with Crippen molar-refractivity contribution in [1.82, 2.24) is 20.0 Å². The zero-order valence-corrected chi connectivity index (χ0v) is 14.6. The van der Waals surface area contributed by atoms with Gasteiger partial charge in [0.25, 0.3) is 0 Å². The molecule has 0 saturated heterocycles. The number of halogens is 1. The second-order valence-electron chi connectivity index (χ2n) is 5.40. The molecule has 2 rings (SSSR count).